The molecule has 1 atom stereocenters. The molecule has 2 aromatic rings. The summed E-state index contributed by atoms with van der Waals surface area (Å²) < 4.78 is 43.8. The first kappa shape index (κ1) is 17.8. The lowest BCUT2D eigenvalue weighted by molar-refractivity contribution is -0.147. The van der Waals surface area contributed by atoms with Gasteiger partial charge in [0.25, 0.3) is 5.91 Å². The molecule has 12 heteroatoms. The number of amides is 1. The molecule has 0 saturated carbocycles. The zero-order chi connectivity index (χ0) is 18.9. The Morgan fingerprint density at radius 1 is 1.31 bits per heavy atom. The van der Waals surface area contributed by atoms with Gasteiger partial charge >= 0.3 is 12.1 Å². The lowest BCUT2D eigenvalue weighted by atomic mass is 10.2. The highest BCUT2D eigenvalue weighted by Crippen LogP contribution is 2.28. The second kappa shape index (κ2) is 6.71. The van der Waals surface area contributed by atoms with E-state index in [0.29, 0.717) is 6.20 Å². The average Bonchev–Trinajstić information content (AvgIpc) is 3.10. The highest BCUT2D eigenvalue weighted by Gasteiger charge is 2.34. The maximum absolute atomic E-state index is 12.6. The number of hydrogen-bond donors (Lipinski definition) is 1. The largest absolute Gasteiger partial charge is 0.480 e. The lowest BCUT2D eigenvalue weighted by Crippen LogP contribution is -2.52. The molecule has 0 aliphatic carbocycles. The standard InChI is InChI=1S/C14H12F3N5O4/c15-14(16,17)8-1-2-11(18-5-8)22-6-9(19-20-22)12(23)21-3-4-26-7-10(21)13(24)25/h1-2,5-6,10H,3-4,7H2,(H,24,25). The number of aromatic nitrogens is 4. The van der Waals surface area contributed by atoms with E-state index in [1.54, 1.807) is 0 Å². The van der Waals surface area contributed by atoms with Crippen molar-refractivity contribution in [2.75, 3.05) is 19.8 Å². The molecule has 0 aromatic carbocycles. The molecular formula is C14H12F3N5O4. The third kappa shape index (κ3) is 3.49. The smallest absolute Gasteiger partial charge is 0.417 e. The lowest BCUT2D eigenvalue weighted by Gasteiger charge is -2.32. The van der Waals surface area contributed by atoms with Crippen LogP contribution in [0.3, 0.4) is 0 Å². The van der Waals surface area contributed by atoms with Crippen molar-refractivity contribution < 1.29 is 32.6 Å². The number of carbonyl (C=O) groups excluding carboxylic acids is 1. The van der Waals surface area contributed by atoms with E-state index in [2.05, 4.69) is 15.3 Å². The number of rotatable bonds is 3. The van der Waals surface area contributed by atoms with E-state index in [0.717, 1.165) is 21.7 Å². The van der Waals surface area contributed by atoms with Gasteiger partial charge in [-0.2, -0.15) is 13.2 Å². The molecule has 0 spiro atoms. The molecule has 0 bridgehead atoms. The van der Waals surface area contributed by atoms with Gasteiger partial charge in [0.2, 0.25) is 0 Å². The Bertz CT molecular complexity index is 821. The molecule has 9 nitrogen and oxygen atoms in total. The predicted molar refractivity (Wildman–Crippen MR) is 77.4 cm³/mol. The average molecular weight is 371 g/mol. The molecule has 1 aliphatic heterocycles. The van der Waals surface area contributed by atoms with Crippen LogP contribution in [0.25, 0.3) is 5.82 Å². The molecule has 1 N–H and O–H groups in total. The highest BCUT2D eigenvalue weighted by molar-refractivity contribution is 5.95. The van der Waals surface area contributed by atoms with Crippen LogP contribution in [0.2, 0.25) is 0 Å². The van der Waals surface area contributed by atoms with Crippen LogP contribution in [0.4, 0.5) is 13.2 Å². The van der Waals surface area contributed by atoms with Crippen LogP contribution in [0, 0.1) is 0 Å². The van der Waals surface area contributed by atoms with Gasteiger partial charge in [0.15, 0.2) is 17.6 Å². The van der Waals surface area contributed by atoms with Gasteiger partial charge in [0.05, 0.1) is 25.0 Å². The second-order valence-corrected chi connectivity index (χ2v) is 5.38. The number of carboxylic acid groups (broad SMARTS) is 1. The fraction of sp³-hybridized carbons (Fsp3) is 0.357. The Morgan fingerprint density at radius 2 is 2.08 bits per heavy atom. The van der Waals surface area contributed by atoms with E-state index in [1.165, 1.54) is 6.20 Å². The summed E-state index contributed by atoms with van der Waals surface area (Å²) in [5, 5.41) is 16.5. The van der Waals surface area contributed by atoms with E-state index in [9.17, 15) is 22.8 Å². The minimum Gasteiger partial charge on any atom is -0.480 e. The third-order valence-electron chi connectivity index (χ3n) is 3.70. The van der Waals surface area contributed by atoms with Crippen molar-refractivity contribution in [1.29, 1.82) is 0 Å². The van der Waals surface area contributed by atoms with Gasteiger partial charge in [0.1, 0.15) is 0 Å². The molecule has 138 valence electrons. The number of pyridine rings is 1. The summed E-state index contributed by atoms with van der Waals surface area (Å²) in [4.78, 5) is 28.4. The van der Waals surface area contributed by atoms with Crippen LogP contribution in [0.15, 0.2) is 24.5 Å². The van der Waals surface area contributed by atoms with Gasteiger partial charge in [-0.1, -0.05) is 5.21 Å². The van der Waals surface area contributed by atoms with E-state index in [1.807, 2.05) is 0 Å². The summed E-state index contributed by atoms with van der Waals surface area (Å²) in [6.45, 7) is 0.112. The maximum Gasteiger partial charge on any atom is 0.417 e. The molecule has 1 amide bonds. The van der Waals surface area contributed by atoms with Crippen LogP contribution >= 0.6 is 0 Å². The quantitative estimate of drug-likeness (QED) is 0.841. The Morgan fingerprint density at radius 3 is 2.69 bits per heavy atom. The van der Waals surface area contributed by atoms with Crippen molar-refractivity contribution in [2.45, 2.75) is 12.2 Å². The van der Waals surface area contributed by atoms with Crippen LogP contribution in [0.1, 0.15) is 16.1 Å². The van der Waals surface area contributed by atoms with Gasteiger partial charge in [-0.05, 0) is 12.1 Å². The molecular weight excluding hydrogens is 359 g/mol. The summed E-state index contributed by atoms with van der Waals surface area (Å²) in [7, 11) is 0. The van der Waals surface area contributed by atoms with Crippen molar-refractivity contribution in [3.8, 4) is 5.82 Å². The summed E-state index contributed by atoms with van der Waals surface area (Å²) in [5.41, 5.74) is -1.07. The Labute approximate surface area is 144 Å². The van der Waals surface area contributed by atoms with E-state index < -0.39 is 29.7 Å². The van der Waals surface area contributed by atoms with Crippen molar-refractivity contribution in [3.05, 3.63) is 35.8 Å². The first-order valence-corrected chi connectivity index (χ1v) is 7.35. The molecule has 3 rings (SSSR count). The number of alkyl halides is 3. The van der Waals surface area contributed by atoms with Crippen LogP contribution in [-0.4, -0.2) is 67.7 Å². The van der Waals surface area contributed by atoms with Crippen LogP contribution < -0.4 is 0 Å². The van der Waals surface area contributed by atoms with Crippen molar-refractivity contribution >= 4 is 11.9 Å². The Balaban J connectivity index is 1.81. The van der Waals surface area contributed by atoms with Crippen molar-refractivity contribution in [1.82, 2.24) is 24.9 Å². The summed E-state index contributed by atoms with van der Waals surface area (Å²) in [5.74, 6) is -1.85. The summed E-state index contributed by atoms with van der Waals surface area (Å²) in [6, 6.07) is 0.764. The van der Waals surface area contributed by atoms with E-state index in [-0.39, 0.29) is 31.3 Å². The van der Waals surface area contributed by atoms with E-state index >= 15 is 0 Å². The number of carboxylic acids is 1. The highest BCUT2D eigenvalue weighted by atomic mass is 19.4. The zero-order valence-corrected chi connectivity index (χ0v) is 13.0. The molecule has 1 saturated heterocycles. The minimum atomic E-state index is -4.52. The fourth-order valence-corrected chi connectivity index (χ4v) is 2.36. The van der Waals surface area contributed by atoms with Crippen molar-refractivity contribution in [3.63, 3.8) is 0 Å². The Hall–Kier alpha value is -3.02. The molecule has 26 heavy (non-hydrogen) atoms. The first-order chi connectivity index (χ1) is 12.3. The number of hydrogen-bond acceptors (Lipinski definition) is 6. The van der Waals surface area contributed by atoms with Crippen molar-refractivity contribution in [2.24, 2.45) is 0 Å². The molecule has 1 unspecified atom stereocenters. The van der Waals surface area contributed by atoms with Gasteiger partial charge < -0.3 is 14.7 Å². The number of aliphatic carboxylic acids is 1. The van der Waals surface area contributed by atoms with Gasteiger partial charge in [-0.15, -0.1) is 5.10 Å². The van der Waals surface area contributed by atoms with Crippen LogP contribution in [0.5, 0.6) is 0 Å². The fourth-order valence-electron chi connectivity index (χ4n) is 2.36. The molecule has 2 aromatic heterocycles. The number of carbonyl (C=O) groups is 2. The first-order valence-electron chi connectivity index (χ1n) is 7.35. The maximum atomic E-state index is 12.6. The normalized spacial score (nSPS) is 18.0. The Kier molecular flexibility index (Phi) is 4.59. The second-order valence-electron chi connectivity index (χ2n) is 5.38. The molecule has 1 aliphatic rings. The van der Waals surface area contributed by atoms with Crippen LogP contribution in [-0.2, 0) is 15.7 Å². The SMILES string of the molecule is O=C(O)C1COCCN1C(=O)c1cn(-c2ccc(C(F)(F)F)cn2)nn1. The predicted octanol–water partition coefficient (Wildman–Crippen LogP) is 0.607. The summed E-state index contributed by atoms with van der Waals surface area (Å²) >= 11 is 0. The summed E-state index contributed by atoms with van der Waals surface area (Å²) in [6.07, 6.45) is -2.70. The van der Waals surface area contributed by atoms with Gasteiger partial charge in [0, 0.05) is 12.7 Å². The molecule has 3 heterocycles. The number of halogens is 3. The molecule has 1 fully saturated rings. The topological polar surface area (TPSA) is 110 Å². The van der Waals surface area contributed by atoms with E-state index in [4.69, 9.17) is 9.84 Å². The molecule has 0 radical (unpaired) electrons. The number of nitrogens with zero attached hydrogens (tertiary/aromatic N) is 5. The van der Waals surface area contributed by atoms with Gasteiger partial charge in [-0.25, -0.2) is 14.5 Å². The zero-order valence-electron chi connectivity index (χ0n) is 13.0. The number of morpholine rings is 1. The monoisotopic (exact) mass is 371 g/mol. The third-order valence-corrected chi connectivity index (χ3v) is 3.70. The minimum absolute atomic E-state index is 0.0290. The van der Waals surface area contributed by atoms with Gasteiger partial charge in [-0.3, -0.25) is 4.79 Å². The number of ether oxygens (including phenoxy) is 1.